The first-order chi connectivity index (χ1) is 12.1. The summed E-state index contributed by atoms with van der Waals surface area (Å²) in [6.07, 6.45) is 0. The van der Waals surface area contributed by atoms with Crippen LogP contribution in [0.1, 0.15) is 25.0 Å². The Morgan fingerprint density at radius 3 is 1.52 bits per heavy atom. The number of hydrogen-bond donors (Lipinski definition) is 0. The van der Waals surface area contributed by atoms with Gasteiger partial charge in [-0.2, -0.15) is 0 Å². The fraction of sp³-hybridized carbons (Fsp3) is 0.174. The molecule has 0 spiro atoms. The first-order valence-electron chi connectivity index (χ1n) is 8.59. The van der Waals surface area contributed by atoms with Crippen molar-refractivity contribution >= 4 is 11.6 Å². The highest BCUT2D eigenvalue weighted by molar-refractivity contribution is 5.93. The number of nitrogens with zero attached hydrogens (tertiary/aromatic N) is 1. The lowest BCUT2D eigenvalue weighted by Crippen LogP contribution is -2.62. The highest BCUT2D eigenvalue weighted by atomic mass is 16.5. The van der Waals surface area contributed by atoms with Crippen molar-refractivity contribution < 1.29 is 4.74 Å². The van der Waals surface area contributed by atoms with E-state index in [2.05, 4.69) is 62.4 Å². The summed E-state index contributed by atoms with van der Waals surface area (Å²) >= 11 is 0. The largest absolute Gasteiger partial charge is 0.463 e. The van der Waals surface area contributed by atoms with Gasteiger partial charge in [-0.15, -0.1) is 0 Å². The van der Waals surface area contributed by atoms with Gasteiger partial charge in [0.1, 0.15) is 0 Å². The number of rotatable bonds is 3. The minimum atomic E-state index is -0.525. The lowest BCUT2D eigenvalue weighted by Gasteiger charge is -2.56. The minimum Gasteiger partial charge on any atom is -0.463 e. The number of benzene rings is 3. The summed E-state index contributed by atoms with van der Waals surface area (Å²) in [6.45, 7) is 4.41. The molecule has 1 aliphatic heterocycles. The predicted octanol–water partition coefficient (Wildman–Crippen LogP) is 5.72. The van der Waals surface area contributed by atoms with Crippen molar-refractivity contribution in [3.05, 3.63) is 102 Å². The van der Waals surface area contributed by atoms with Crippen LogP contribution in [-0.4, -0.2) is 5.90 Å². The van der Waals surface area contributed by atoms with E-state index in [9.17, 15) is 0 Å². The molecule has 0 saturated carbocycles. The summed E-state index contributed by atoms with van der Waals surface area (Å²) in [5.41, 5.74) is 2.44. The first kappa shape index (κ1) is 15.6. The van der Waals surface area contributed by atoms with E-state index < -0.39 is 5.60 Å². The third kappa shape index (κ3) is 2.37. The second kappa shape index (κ2) is 5.89. The van der Waals surface area contributed by atoms with Crippen LogP contribution < -0.4 is 0 Å². The molecule has 0 N–H and O–H groups in total. The summed E-state index contributed by atoms with van der Waals surface area (Å²) in [5, 5.41) is 0. The fourth-order valence-electron chi connectivity index (χ4n) is 3.64. The second-order valence-electron chi connectivity index (χ2n) is 6.89. The van der Waals surface area contributed by atoms with Crippen LogP contribution in [0.4, 0.5) is 5.69 Å². The van der Waals surface area contributed by atoms with E-state index in [1.807, 2.05) is 42.5 Å². The summed E-state index contributed by atoms with van der Waals surface area (Å²) in [7, 11) is 0. The topological polar surface area (TPSA) is 21.6 Å². The normalized spacial score (nSPS) is 19.0. The Morgan fingerprint density at radius 2 is 1.08 bits per heavy atom. The third-order valence-electron chi connectivity index (χ3n) is 5.01. The first-order valence-corrected chi connectivity index (χ1v) is 8.59. The number of hydrogen-bond acceptors (Lipinski definition) is 2. The van der Waals surface area contributed by atoms with Crippen molar-refractivity contribution in [1.82, 2.24) is 0 Å². The zero-order valence-electron chi connectivity index (χ0n) is 14.5. The molecule has 1 aliphatic rings. The third-order valence-corrected chi connectivity index (χ3v) is 5.01. The molecule has 1 fully saturated rings. The van der Waals surface area contributed by atoms with Crippen LogP contribution in [0, 0.1) is 5.41 Å². The van der Waals surface area contributed by atoms with Gasteiger partial charge in [0.2, 0.25) is 5.90 Å². The Hall–Kier alpha value is -2.87. The van der Waals surface area contributed by atoms with Gasteiger partial charge in [0.25, 0.3) is 0 Å². The molecule has 124 valence electrons. The summed E-state index contributed by atoms with van der Waals surface area (Å²) < 4.78 is 6.47. The fourth-order valence-corrected chi connectivity index (χ4v) is 3.64. The van der Waals surface area contributed by atoms with Crippen LogP contribution in [0.2, 0.25) is 0 Å². The standard InChI is InChI=1S/C23H21NO/c1-22(2)21(24-20-16-10-5-11-17-20)25-23(22,18-12-6-3-7-13-18)19-14-8-4-9-15-19/h3-17H,1-2H3. The number of para-hydroxylation sites is 1. The maximum absolute atomic E-state index is 6.47. The average molecular weight is 327 g/mol. The molecular weight excluding hydrogens is 306 g/mol. The lowest BCUT2D eigenvalue weighted by molar-refractivity contribution is -0.0805. The number of ether oxygens (including phenoxy) is 1. The Bertz CT molecular complexity index is 844. The number of aliphatic imine (C=N–C) groups is 1. The van der Waals surface area contributed by atoms with E-state index in [4.69, 9.17) is 9.73 Å². The molecule has 0 amide bonds. The van der Waals surface area contributed by atoms with Gasteiger partial charge in [-0.1, -0.05) is 78.9 Å². The Morgan fingerprint density at radius 1 is 0.640 bits per heavy atom. The highest BCUT2D eigenvalue weighted by Crippen LogP contribution is 2.57. The lowest BCUT2D eigenvalue weighted by atomic mass is 9.62. The van der Waals surface area contributed by atoms with Crippen LogP contribution in [0.3, 0.4) is 0 Å². The average Bonchev–Trinajstić information content (AvgIpc) is 2.67. The van der Waals surface area contributed by atoms with E-state index in [0.717, 1.165) is 22.7 Å². The molecule has 3 aromatic carbocycles. The van der Waals surface area contributed by atoms with Crippen molar-refractivity contribution in [3.63, 3.8) is 0 Å². The molecule has 0 unspecified atom stereocenters. The predicted molar refractivity (Wildman–Crippen MR) is 102 cm³/mol. The van der Waals surface area contributed by atoms with Gasteiger partial charge in [-0.25, -0.2) is 4.99 Å². The van der Waals surface area contributed by atoms with E-state index >= 15 is 0 Å². The maximum Gasteiger partial charge on any atom is 0.200 e. The zero-order chi connectivity index (χ0) is 17.3. The molecule has 2 nitrogen and oxygen atoms in total. The van der Waals surface area contributed by atoms with Gasteiger partial charge in [0.05, 0.1) is 11.1 Å². The van der Waals surface area contributed by atoms with Gasteiger partial charge in [-0.3, -0.25) is 0 Å². The molecule has 0 aliphatic carbocycles. The molecule has 0 radical (unpaired) electrons. The van der Waals surface area contributed by atoms with Crippen molar-refractivity contribution in [2.24, 2.45) is 10.4 Å². The Balaban J connectivity index is 1.84. The Kier molecular flexibility index (Phi) is 3.69. The molecule has 1 heterocycles. The van der Waals surface area contributed by atoms with Crippen molar-refractivity contribution in [3.8, 4) is 0 Å². The summed E-state index contributed by atoms with van der Waals surface area (Å²) in [4.78, 5) is 4.76. The zero-order valence-corrected chi connectivity index (χ0v) is 14.5. The van der Waals surface area contributed by atoms with Crippen LogP contribution in [0.15, 0.2) is 96.0 Å². The van der Waals surface area contributed by atoms with E-state index in [1.54, 1.807) is 0 Å². The summed E-state index contributed by atoms with van der Waals surface area (Å²) in [5.74, 6) is 0.770. The smallest absolute Gasteiger partial charge is 0.200 e. The van der Waals surface area contributed by atoms with Crippen molar-refractivity contribution in [2.45, 2.75) is 19.4 Å². The van der Waals surface area contributed by atoms with Crippen LogP contribution in [0.5, 0.6) is 0 Å². The van der Waals surface area contributed by atoms with Crippen LogP contribution in [-0.2, 0) is 10.3 Å². The summed E-state index contributed by atoms with van der Waals surface area (Å²) in [6, 6.07) is 30.8. The molecule has 25 heavy (non-hydrogen) atoms. The molecule has 0 atom stereocenters. The van der Waals surface area contributed by atoms with E-state index in [0.29, 0.717) is 0 Å². The van der Waals surface area contributed by atoms with E-state index in [1.165, 1.54) is 0 Å². The van der Waals surface area contributed by atoms with Gasteiger partial charge < -0.3 is 4.74 Å². The van der Waals surface area contributed by atoms with Crippen LogP contribution in [0.25, 0.3) is 0 Å². The molecule has 1 saturated heterocycles. The second-order valence-corrected chi connectivity index (χ2v) is 6.89. The quantitative estimate of drug-likeness (QED) is 0.603. The minimum absolute atomic E-state index is 0.258. The molecule has 4 rings (SSSR count). The Labute approximate surface area is 148 Å². The molecular formula is C23H21NO. The molecule has 2 heteroatoms. The van der Waals surface area contributed by atoms with E-state index in [-0.39, 0.29) is 5.41 Å². The maximum atomic E-state index is 6.47. The van der Waals surface area contributed by atoms with Crippen LogP contribution >= 0.6 is 0 Å². The van der Waals surface area contributed by atoms with Crippen molar-refractivity contribution in [2.75, 3.05) is 0 Å². The van der Waals surface area contributed by atoms with Crippen molar-refractivity contribution in [1.29, 1.82) is 0 Å². The molecule has 3 aromatic rings. The van der Waals surface area contributed by atoms with Gasteiger partial charge in [0.15, 0.2) is 5.60 Å². The van der Waals surface area contributed by atoms with Gasteiger partial charge >= 0.3 is 0 Å². The SMILES string of the molecule is CC1(C)C(=Nc2ccccc2)OC1(c1ccccc1)c1ccccc1. The molecule has 0 bridgehead atoms. The molecule has 0 aromatic heterocycles. The monoisotopic (exact) mass is 327 g/mol. The highest BCUT2D eigenvalue weighted by Gasteiger charge is 2.63. The van der Waals surface area contributed by atoms with Gasteiger partial charge in [0, 0.05) is 11.1 Å². The van der Waals surface area contributed by atoms with Gasteiger partial charge in [-0.05, 0) is 26.0 Å².